The van der Waals surface area contributed by atoms with Crippen LogP contribution in [0.15, 0.2) is 36.4 Å². The molecule has 2 aliphatic carbocycles. The van der Waals surface area contributed by atoms with Gasteiger partial charge in [0.05, 0.1) is 34.7 Å². The fourth-order valence-corrected chi connectivity index (χ4v) is 3.16. The summed E-state index contributed by atoms with van der Waals surface area (Å²) >= 11 is 0. The van der Waals surface area contributed by atoms with Gasteiger partial charge in [-0.2, -0.15) is 5.26 Å². The van der Waals surface area contributed by atoms with Crippen LogP contribution in [0.4, 0.5) is 5.95 Å². The molecule has 1 saturated carbocycles. The van der Waals surface area contributed by atoms with Gasteiger partial charge in [-0.15, -0.1) is 0 Å². The molecule has 2 N–H and O–H groups in total. The average Bonchev–Trinajstić information content (AvgIpc) is 3.31. The van der Waals surface area contributed by atoms with Crippen molar-refractivity contribution < 1.29 is 9.90 Å². The maximum Gasteiger partial charge on any atom is 0.229 e. The van der Waals surface area contributed by atoms with Gasteiger partial charge in [0.2, 0.25) is 11.9 Å². The van der Waals surface area contributed by atoms with E-state index in [-0.39, 0.29) is 18.2 Å². The molecule has 0 saturated heterocycles. The van der Waals surface area contributed by atoms with Crippen LogP contribution in [0.5, 0.6) is 0 Å². The van der Waals surface area contributed by atoms with E-state index in [2.05, 4.69) is 16.4 Å². The summed E-state index contributed by atoms with van der Waals surface area (Å²) in [6.45, 7) is 1.71. The quantitative estimate of drug-likeness (QED) is 0.879. The number of aromatic nitrogens is 2. The van der Waals surface area contributed by atoms with E-state index in [1.54, 1.807) is 25.1 Å². The monoisotopic (exact) mass is 334 g/mol. The number of fused-ring (bicyclic) bond motifs is 1. The maximum atomic E-state index is 12.4. The number of carbonyl (C=O) groups is 1. The molecule has 2 aromatic rings. The van der Waals surface area contributed by atoms with Gasteiger partial charge in [0, 0.05) is 5.70 Å². The Morgan fingerprint density at radius 2 is 2.28 bits per heavy atom. The lowest BCUT2D eigenvalue weighted by Gasteiger charge is -2.22. The molecule has 25 heavy (non-hydrogen) atoms. The predicted molar refractivity (Wildman–Crippen MR) is 94.5 cm³/mol. The van der Waals surface area contributed by atoms with Crippen molar-refractivity contribution in [3.8, 4) is 6.07 Å². The molecule has 6 nitrogen and oxygen atoms in total. The van der Waals surface area contributed by atoms with Gasteiger partial charge in [0.25, 0.3) is 0 Å². The predicted octanol–water partition coefficient (Wildman–Crippen LogP) is 2.81. The Morgan fingerprint density at radius 1 is 1.52 bits per heavy atom. The summed E-state index contributed by atoms with van der Waals surface area (Å²) in [6, 6.07) is 7.35. The number of carbonyl (C=O) groups excluding carboxylic acids is 1. The molecule has 1 aromatic carbocycles. The molecule has 0 bridgehead atoms. The maximum absolute atomic E-state index is 12.4. The van der Waals surface area contributed by atoms with Crippen LogP contribution >= 0.6 is 0 Å². The van der Waals surface area contributed by atoms with Gasteiger partial charge in [-0.1, -0.05) is 6.08 Å². The van der Waals surface area contributed by atoms with Crippen LogP contribution in [-0.4, -0.2) is 26.2 Å². The van der Waals surface area contributed by atoms with Gasteiger partial charge in [0.15, 0.2) is 0 Å². The number of nitrogens with one attached hydrogen (secondary N) is 1. The summed E-state index contributed by atoms with van der Waals surface area (Å²) in [7, 11) is 0. The van der Waals surface area contributed by atoms with Crippen LogP contribution in [-0.2, 0) is 4.79 Å². The molecule has 0 aliphatic heterocycles. The lowest BCUT2D eigenvalue weighted by Crippen LogP contribution is -2.33. The van der Waals surface area contributed by atoms with Crippen molar-refractivity contribution in [2.45, 2.75) is 31.8 Å². The van der Waals surface area contributed by atoms with E-state index in [1.165, 1.54) is 0 Å². The van der Waals surface area contributed by atoms with E-state index < -0.39 is 5.60 Å². The van der Waals surface area contributed by atoms with Gasteiger partial charge >= 0.3 is 0 Å². The van der Waals surface area contributed by atoms with Gasteiger partial charge in [-0.25, -0.2) is 4.98 Å². The minimum Gasteiger partial charge on any atom is -0.389 e. The second-order valence-electron chi connectivity index (χ2n) is 6.89. The summed E-state index contributed by atoms with van der Waals surface area (Å²) in [5, 5.41) is 22.4. The topological polar surface area (TPSA) is 90.9 Å². The van der Waals surface area contributed by atoms with Crippen LogP contribution in [0.25, 0.3) is 16.7 Å². The normalized spacial score (nSPS) is 18.2. The number of allylic oxidation sites excluding steroid dienone is 4. The third kappa shape index (κ3) is 2.83. The summed E-state index contributed by atoms with van der Waals surface area (Å²) < 4.78 is 1.82. The second-order valence-corrected chi connectivity index (χ2v) is 6.89. The van der Waals surface area contributed by atoms with Crippen molar-refractivity contribution in [1.29, 1.82) is 5.26 Å². The number of anilines is 1. The molecule has 1 heterocycles. The molecule has 4 rings (SSSR count). The summed E-state index contributed by atoms with van der Waals surface area (Å²) in [4.78, 5) is 16.9. The Hall–Kier alpha value is -2.91. The minimum absolute atomic E-state index is 0.0409. The van der Waals surface area contributed by atoms with Crippen molar-refractivity contribution in [1.82, 2.24) is 9.55 Å². The molecule has 1 amide bonds. The summed E-state index contributed by atoms with van der Waals surface area (Å²) in [6.07, 6.45) is 7.70. The molecule has 126 valence electrons. The molecule has 0 radical (unpaired) electrons. The summed E-state index contributed by atoms with van der Waals surface area (Å²) in [5.41, 5.74) is 1.90. The highest BCUT2D eigenvalue weighted by atomic mass is 16.3. The standard InChI is InChI=1S/C19H18N4O2/c1-19(25,13-6-7-13)10-17(24)22-18-21-15-8-5-12(11-20)9-16(15)23(18)14-3-2-4-14/h2-5,8-9,13,25H,6-7,10H2,1H3,(H,21,22,24). The highest BCUT2D eigenvalue weighted by Gasteiger charge is 2.41. The SMILES string of the molecule is CC(O)(CC(=O)Nc1nc2ccc(C#N)cc2n1C1=CC=C1)C1CC1. The first-order valence-electron chi connectivity index (χ1n) is 8.31. The Labute approximate surface area is 145 Å². The Bertz CT molecular complexity index is 971. The lowest BCUT2D eigenvalue weighted by molar-refractivity contribution is -0.121. The first kappa shape index (κ1) is 15.6. The second kappa shape index (κ2) is 5.57. The van der Waals surface area contributed by atoms with E-state index in [1.807, 2.05) is 22.8 Å². The third-order valence-corrected chi connectivity index (χ3v) is 4.80. The summed E-state index contributed by atoms with van der Waals surface area (Å²) in [5.74, 6) is 0.336. The zero-order chi connectivity index (χ0) is 17.6. The smallest absolute Gasteiger partial charge is 0.229 e. The average molecular weight is 334 g/mol. The minimum atomic E-state index is -0.982. The van der Waals surface area contributed by atoms with Crippen molar-refractivity contribution >= 4 is 28.6 Å². The zero-order valence-corrected chi connectivity index (χ0v) is 13.9. The first-order valence-corrected chi connectivity index (χ1v) is 8.31. The molecule has 1 fully saturated rings. The molecule has 1 aromatic heterocycles. The molecule has 1 unspecified atom stereocenters. The number of nitriles is 1. The third-order valence-electron chi connectivity index (χ3n) is 4.80. The molecule has 2 aliphatic rings. The number of nitrogens with zero attached hydrogens (tertiary/aromatic N) is 3. The molecule has 6 heteroatoms. The fourth-order valence-electron chi connectivity index (χ4n) is 3.16. The number of rotatable bonds is 5. The number of amides is 1. The van der Waals surface area contributed by atoms with E-state index in [0.717, 1.165) is 24.1 Å². The van der Waals surface area contributed by atoms with Crippen molar-refractivity contribution in [3.63, 3.8) is 0 Å². The molecule has 1 atom stereocenters. The molecular formula is C19H18N4O2. The number of benzene rings is 1. The van der Waals surface area contributed by atoms with E-state index in [9.17, 15) is 9.90 Å². The number of imidazole rings is 1. The lowest BCUT2D eigenvalue weighted by atomic mass is 9.96. The van der Waals surface area contributed by atoms with Gasteiger partial charge < -0.3 is 5.11 Å². The van der Waals surface area contributed by atoms with Crippen LogP contribution in [0.3, 0.4) is 0 Å². The van der Waals surface area contributed by atoms with Crippen molar-refractivity contribution in [2.24, 2.45) is 5.92 Å². The number of hydrogen-bond donors (Lipinski definition) is 2. The van der Waals surface area contributed by atoms with Gasteiger partial charge in [-0.3, -0.25) is 14.7 Å². The highest BCUT2D eigenvalue weighted by Crippen LogP contribution is 2.41. The number of hydrogen-bond acceptors (Lipinski definition) is 4. The van der Waals surface area contributed by atoms with E-state index in [0.29, 0.717) is 17.0 Å². The Kier molecular flexibility index (Phi) is 3.48. The van der Waals surface area contributed by atoms with Crippen LogP contribution < -0.4 is 5.32 Å². The van der Waals surface area contributed by atoms with Crippen LogP contribution in [0.2, 0.25) is 0 Å². The first-order chi connectivity index (χ1) is 12.0. The highest BCUT2D eigenvalue weighted by molar-refractivity contribution is 5.95. The largest absolute Gasteiger partial charge is 0.389 e. The fraction of sp³-hybridized carbons (Fsp3) is 0.316. The van der Waals surface area contributed by atoms with Crippen molar-refractivity contribution in [3.05, 3.63) is 42.0 Å². The Balaban J connectivity index is 1.67. The van der Waals surface area contributed by atoms with Crippen LogP contribution in [0, 0.1) is 17.2 Å². The Morgan fingerprint density at radius 3 is 2.88 bits per heavy atom. The van der Waals surface area contributed by atoms with E-state index in [4.69, 9.17) is 5.26 Å². The number of aliphatic hydroxyl groups is 1. The zero-order valence-electron chi connectivity index (χ0n) is 13.9. The van der Waals surface area contributed by atoms with Gasteiger partial charge in [-0.05, 0) is 56.0 Å². The van der Waals surface area contributed by atoms with Crippen molar-refractivity contribution in [2.75, 3.05) is 5.32 Å². The van der Waals surface area contributed by atoms with Crippen LogP contribution in [0.1, 0.15) is 31.7 Å². The molecular weight excluding hydrogens is 316 g/mol. The van der Waals surface area contributed by atoms with Gasteiger partial charge in [0.1, 0.15) is 0 Å². The van der Waals surface area contributed by atoms with E-state index >= 15 is 0 Å². The molecule has 0 spiro atoms.